The SMILES string of the molecule is C=CC(=O)PP.CCCOS(C)(=O)=O. The van der Waals surface area contributed by atoms with Gasteiger partial charge in [0.2, 0.25) is 0 Å². The molecule has 14 heavy (non-hydrogen) atoms. The molecule has 0 aliphatic carbocycles. The zero-order valence-corrected chi connectivity index (χ0v) is 11.3. The van der Waals surface area contributed by atoms with E-state index in [4.69, 9.17) is 0 Å². The standard InChI is InChI=1S/C4H10O3S.C3H6OP2/c1-3-4-7-8(2,5)6;1-2-3(4)6-5/h3-4H2,1-2H3;2,6H,1,5H2. The Morgan fingerprint density at radius 3 is 2.21 bits per heavy atom. The number of rotatable bonds is 5. The first kappa shape index (κ1) is 16.6. The van der Waals surface area contributed by atoms with Gasteiger partial charge in [0, 0.05) is 0 Å². The maximum atomic E-state index is 10.2. The molecule has 0 spiro atoms. The lowest BCUT2D eigenvalue weighted by atomic mass is 10.5. The van der Waals surface area contributed by atoms with Gasteiger partial charge in [-0.2, -0.15) is 8.42 Å². The summed E-state index contributed by atoms with van der Waals surface area (Å²) in [6.45, 7) is 5.42. The first-order valence-corrected chi connectivity index (χ1v) is 8.47. The third-order valence-corrected chi connectivity index (χ3v) is 2.77. The van der Waals surface area contributed by atoms with Crippen molar-refractivity contribution in [2.24, 2.45) is 0 Å². The van der Waals surface area contributed by atoms with Gasteiger partial charge in [-0.3, -0.25) is 8.98 Å². The molecular weight excluding hydrogens is 242 g/mol. The van der Waals surface area contributed by atoms with Crippen molar-refractivity contribution in [3.8, 4) is 0 Å². The predicted molar refractivity (Wildman–Crippen MR) is 64.3 cm³/mol. The fourth-order valence-corrected chi connectivity index (χ4v) is 1.23. The van der Waals surface area contributed by atoms with Gasteiger partial charge in [-0.25, -0.2) is 0 Å². The van der Waals surface area contributed by atoms with Gasteiger partial charge in [-0.1, -0.05) is 13.5 Å². The van der Waals surface area contributed by atoms with Crippen LogP contribution in [0.15, 0.2) is 12.7 Å². The molecule has 0 radical (unpaired) electrons. The maximum Gasteiger partial charge on any atom is 0.264 e. The smallest absolute Gasteiger partial charge is 0.264 e. The molecule has 0 fully saturated rings. The van der Waals surface area contributed by atoms with Crippen LogP contribution in [0.4, 0.5) is 0 Å². The summed E-state index contributed by atoms with van der Waals surface area (Å²) in [6.07, 6.45) is 3.10. The molecule has 0 rings (SSSR count). The predicted octanol–water partition coefficient (Wildman–Crippen LogP) is 1.54. The van der Waals surface area contributed by atoms with Crippen LogP contribution in [0.25, 0.3) is 0 Å². The van der Waals surface area contributed by atoms with Gasteiger partial charge in [0.05, 0.1) is 12.9 Å². The Bertz CT molecular complexity index is 261. The highest BCUT2D eigenvalue weighted by Crippen LogP contribution is 2.20. The van der Waals surface area contributed by atoms with Crippen molar-refractivity contribution in [3.05, 3.63) is 12.7 Å². The molecule has 4 nitrogen and oxygen atoms in total. The molecule has 7 heteroatoms. The van der Waals surface area contributed by atoms with E-state index in [-0.39, 0.29) is 5.52 Å². The molecule has 0 bridgehead atoms. The van der Waals surface area contributed by atoms with E-state index < -0.39 is 10.1 Å². The van der Waals surface area contributed by atoms with Crippen LogP contribution in [0, 0.1) is 0 Å². The molecule has 2 unspecified atom stereocenters. The second-order valence-electron chi connectivity index (χ2n) is 2.24. The lowest BCUT2D eigenvalue weighted by molar-refractivity contribution is -0.107. The molecule has 0 aromatic rings. The molecule has 0 aromatic carbocycles. The van der Waals surface area contributed by atoms with Crippen molar-refractivity contribution in [1.29, 1.82) is 0 Å². The second kappa shape index (κ2) is 9.72. The van der Waals surface area contributed by atoms with Crippen LogP contribution in [0.1, 0.15) is 13.3 Å². The van der Waals surface area contributed by atoms with E-state index in [2.05, 4.69) is 19.7 Å². The summed E-state index contributed by atoms with van der Waals surface area (Å²) in [5.41, 5.74) is 0.0972. The van der Waals surface area contributed by atoms with E-state index in [1.54, 1.807) is 0 Å². The minimum Gasteiger partial charge on any atom is -0.290 e. The average molecular weight is 258 g/mol. The minimum atomic E-state index is -3.19. The van der Waals surface area contributed by atoms with Gasteiger partial charge in [0.25, 0.3) is 10.1 Å². The summed E-state index contributed by atoms with van der Waals surface area (Å²) < 4.78 is 24.7. The van der Waals surface area contributed by atoms with E-state index in [1.807, 2.05) is 6.92 Å². The van der Waals surface area contributed by atoms with Crippen molar-refractivity contribution in [2.75, 3.05) is 12.9 Å². The number of carbonyl (C=O) groups is 1. The lowest BCUT2D eigenvalue weighted by Gasteiger charge is -1.94. The van der Waals surface area contributed by atoms with E-state index >= 15 is 0 Å². The van der Waals surface area contributed by atoms with Crippen molar-refractivity contribution < 1.29 is 17.4 Å². The Balaban J connectivity index is 0. The van der Waals surface area contributed by atoms with Crippen LogP contribution in [0.3, 0.4) is 0 Å². The Labute approximate surface area is 89.5 Å². The van der Waals surface area contributed by atoms with Gasteiger partial charge in [-0.05, 0) is 20.8 Å². The molecule has 0 aromatic heterocycles. The summed E-state index contributed by atoms with van der Waals surface area (Å²) in [4.78, 5) is 10.1. The summed E-state index contributed by atoms with van der Waals surface area (Å²) in [5, 5.41) is 0. The largest absolute Gasteiger partial charge is 0.290 e. The van der Waals surface area contributed by atoms with Crippen LogP contribution < -0.4 is 0 Å². The number of hydrogen-bond acceptors (Lipinski definition) is 4. The minimum absolute atomic E-state index is 0.0972. The fraction of sp³-hybridized carbons (Fsp3) is 0.571. The Kier molecular flexibility index (Phi) is 11.5. The fourth-order valence-electron chi connectivity index (χ4n) is 0.294. The summed E-state index contributed by atoms with van der Waals surface area (Å²) in [6, 6.07) is 0. The molecule has 0 aliphatic heterocycles. The normalized spacial score (nSPS) is 10.8. The van der Waals surface area contributed by atoms with Gasteiger partial charge in [-0.15, -0.1) is 8.93 Å². The number of allylic oxidation sites excluding steroid dienone is 1. The lowest BCUT2D eigenvalue weighted by Crippen LogP contribution is -2.02. The van der Waals surface area contributed by atoms with Crippen molar-refractivity contribution in [2.45, 2.75) is 13.3 Å². The van der Waals surface area contributed by atoms with Crippen LogP contribution in [-0.4, -0.2) is 26.8 Å². The quantitative estimate of drug-likeness (QED) is 0.426. The molecule has 0 N–H and O–H groups in total. The topological polar surface area (TPSA) is 60.4 Å². The number of hydrogen-bond donors (Lipinski definition) is 0. The molecule has 0 saturated carbocycles. The Morgan fingerprint density at radius 1 is 1.64 bits per heavy atom. The van der Waals surface area contributed by atoms with Gasteiger partial charge < -0.3 is 0 Å². The van der Waals surface area contributed by atoms with Gasteiger partial charge >= 0.3 is 0 Å². The highest BCUT2D eigenvalue weighted by Gasteiger charge is 1.96. The second-order valence-corrected chi connectivity index (χ2v) is 5.53. The van der Waals surface area contributed by atoms with E-state index in [0.29, 0.717) is 14.9 Å². The highest BCUT2D eigenvalue weighted by atomic mass is 32.2. The summed E-state index contributed by atoms with van der Waals surface area (Å²) >= 11 is 0. The maximum absolute atomic E-state index is 10.2. The number of carbonyl (C=O) groups excluding carboxylic acids is 1. The van der Waals surface area contributed by atoms with E-state index in [0.717, 1.165) is 12.7 Å². The van der Waals surface area contributed by atoms with Crippen LogP contribution in [0.5, 0.6) is 0 Å². The van der Waals surface area contributed by atoms with Crippen LogP contribution >= 0.6 is 17.2 Å². The first-order valence-electron chi connectivity index (χ1n) is 3.84. The molecule has 0 saturated heterocycles. The Morgan fingerprint density at radius 2 is 2.14 bits per heavy atom. The average Bonchev–Trinajstić information content (AvgIpc) is 2.13. The molecule has 84 valence electrons. The zero-order chi connectivity index (χ0) is 11.6. The molecular formula is C7H16O4P2S. The summed E-state index contributed by atoms with van der Waals surface area (Å²) in [5.74, 6) is 0. The highest BCUT2D eigenvalue weighted by molar-refractivity contribution is 8.11. The van der Waals surface area contributed by atoms with Gasteiger partial charge in [0.15, 0.2) is 5.52 Å². The molecule has 2 atom stereocenters. The first-order chi connectivity index (χ1) is 6.37. The van der Waals surface area contributed by atoms with Crippen molar-refractivity contribution in [1.82, 2.24) is 0 Å². The van der Waals surface area contributed by atoms with Crippen molar-refractivity contribution >= 4 is 32.8 Å². The zero-order valence-electron chi connectivity index (χ0n) is 8.32. The molecule has 0 heterocycles. The monoisotopic (exact) mass is 258 g/mol. The third kappa shape index (κ3) is 18.1. The molecule has 0 amide bonds. The Hall–Kier alpha value is 0.180. The third-order valence-electron chi connectivity index (χ3n) is 0.829. The van der Waals surface area contributed by atoms with Gasteiger partial charge in [0.1, 0.15) is 0 Å². The van der Waals surface area contributed by atoms with Crippen molar-refractivity contribution in [3.63, 3.8) is 0 Å². The van der Waals surface area contributed by atoms with E-state index in [9.17, 15) is 13.2 Å². The van der Waals surface area contributed by atoms with E-state index in [1.165, 1.54) is 6.08 Å². The van der Waals surface area contributed by atoms with Crippen LogP contribution in [-0.2, 0) is 19.1 Å². The summed E-state index contributed by atoms with van der Waals surface area (Å²) in [7, 11) is -0.549. The van der Waals surface area contributed by atoms with Crippen LogP contribution in [0.2, 0.25) is 0 Å². The molecule has 0 aliphatic rings.